The van der Waals surface area contributed by atoms with Crippen molar-refractivity contribution in [3.05, 3.63) is 65.2 Å². The summed E-state index contributed by atoms with van der Waals surface area (Å²) < 4.78 is 38.3. The van der Waals surface area contributed by atoms with Crippen molar-refractivity contribution in [3.8, 4) is 0 Å². The highest BCUT2D eigenvalue weighted by molar-refractivity contribution is 7.89. The second-order valence-corrected chi connectivity index (χ2v) is 10.00. The van der Waals surface area contributed by atoms with Crippen LogP contribution in [0, 0.1) is 0 Å². The van der Waals surface area contributed by atoms with Crippen LogP contribution in [0.2, 0.25) is 5.02 Å². The number of sulfonamides is 1. The van der Waals surface area contributed by atoms with Crippen LogP contribution in [0.25, 0.3) is 0 Å². The van der Waals surface area contributed by atoms with Crippen LogP contribution < -0.4 is 4.72 Å². The number of esters is 2. The Morgan fingerprint density at radius 3 is 2.23 bits per heavy atom. The minimum absolute atomic E-state index is 0.0582. The molecule has 0 bridgehead atoms. The van der Waals surface area contributed by atoms with Crippen LogP contribution in [0.3, 0.4) is 0 Å². The SMILES string of the molecule is CC(C)(C)OC(=O)[C@@H](CCC(=O)OCc1ccccc1)NS(=O)(=O)c1ccc(Cl)cc1. The van der Waals surface area contributed by atoms with Crippen molar-refractivity contribution in [2.45, 2.75) is 56.8 Å². The minimum atomic E-state index is -4.04. The van der Waals surface area contributed by atoms with Gasteiger partial charge in [0.05, 0.1) is 4.90 Å². The maximum atomic E-state index is 12.7. The van der Waals surface area contributed by atoms with Crippen LogP contribution in [0.1, 0.15) is 39.2 Å². The van der Waals surface area contributed by atoms with Crippen molar-refractivity contribution < 1.29 is 27.5 Å². The standard InChI is InChI=1S/C22H26ClNO6S/c1-22(2,3)30-21(26)19(24-31(27,28)18-11-9-17(23)10-12-18)13-14-20(25)29-15-16-7-5-4-6-8-16/h4-12,19,24H,13-15H2,1-3H3/t19-/m1/s1. The second-order valence-electron chi connectivity index (χ2n) is 7.85. The predicted octanol–water partition coefficient (Wildman–Crippen LogP) is 3.85. The number of nitrogens with one attached hydrogen (secondary N) is 1. The van der Waals surface area contributed by atoms with E-state index in [-0.39, 0.29) is 24.3 Å². The molecule has 0 aliphatic carbocycles. The van der Waals surface area contributed by atoms with Gasteiger partial charge in [-0.1, -0.05) is 41.9 Å². The van der Waals surface area contributed by atoms with Gasteiger partial charge in [-0.15, -0.1) is 0 Å². The molecular formula is C22H26ClNO6S. The summed E-state index contributed by atoms with van der Waals surface area (Å²) in [5.41, 5.74) is -0.00233. The van der Waals surface area contributed by atoms with E-state index in [0.29, 0.717) is 5.02 Å². The maximum absolute atomic E-state index is 12.7. The molecule has 0 fully saturated rings. The first-order valence-electron chi connectivity index (χ1n) is 9.66. The average Bonchev–Trinajstić information content (AvgIpc) is 2.69. The van der Waals surface area contributed by atoms with Crippen LogP contribution in [0.4, 0.5) is 0 Å². The summed E-state index contributed by atoms with van der Waals surface area (Å²) in [5.74, 6) is -1.33. The molecule has 0 aliphatic rings. The molecule has 31 heavy (non-hydrogen) atoms. The van der Waals surface area contributed by atoms with Crippen LogP contribution in [0.5, 0.6) is 0 Å². The average molecular weight is 468 g/mol. The summed E-state index contributed by atoms with van der Waals surface area (Å²) >= 11 is 5.81. The molecule has 0 radical (unpaired) electrons. The summed E-state index contributed by atoms with van der Waals surface area (Å²) in [6.07, 6.45) is -0.283. The Bertz CT molecular complexity index is 985. The van der Waals surface area contributed by atoms with Crippen molar-refractivity contribution in [3.63, 3.8) is 0 Å². The molecule has 9 heteroatoms. The molecule has 1 atom stereocenters. The summed E-state index contributed by atoms with van der Waals surface area (Å²) in [4.78, 5) is 24.7. The third-order valence-corrected chi connectivity index (χ3v) is 5.73. The predicted molar refractivity (Wildman–Crippen MR) is 117 cm³/mol. The zero-order valence-corrected chi connectivity index (χ0v) is 19.2. The van der Waals surface area contributed by atoms with Crippen LogP contribution >= 0.6 is 11.6 Å². The largest absolute Gasteiger partial charge is 0.461 e. The van der Waals surface area contributed by atoms with Crippen LogP contribution in [-0.4, -0.2) is 32.0 Å². The molecule has 7 nitrogen and oxygen atoms in total. The molecule has 0 aromatic heterocycles. The van der Waals surface area contributed by atoms with E-state index in [2.05, 4.69) is 4.72 Å². The third kappa shape index (κ3) is 8.69. The van der Waals surface area contributed by atoms with Gasteiger partial charge >= 0.3 is 11.9 Å². The highest BCUT2D eigenvalue weighted by Gasteiger charge is 2.30. The van der Waals surface area contributed by atoms with Crippen LogP contribution in [0.15, 0.2) is 59.5 Å². The van der Waals surface area contributed by atoms with Crippen molar-refractivity contribution in [1.29, 1.82) is 0 Å². The summed E-state index contributed by atoms with van der Waals surface area (Å²) in [5, 5.41) is 0.379. The van der Waals surface area contributed by atoms with Gasteiger partial charge < -0.3 is 9.47 Å². The second kappa shape index (κ2) is 10.7. The summed E-state index contributed by atoms with van der Waals surface area (Å²) in [7, 11) is -4.04. The smallest absolute Gasteiger partial charge is 0.324 e. The zero-order valence-electron chi connectivity index (χ0n) is 17.6. The number of benzene rings is 2. The maximum Gasteiger partial charge on any atom is 0.324 e. The van der Waals surface area contributed by atoms with E-state index < -0.39 is 33.6 Å². The van der Waals surface area contributed by atoms with Crippen molar-refractivity contribution >= 4 is 33.6 Å². The molecule has 0 spiro atoms. The Morgan fingerprint density at radius 1 is 1.03 bits per heavy atom. The molecule has 0 saturated carbocycles. The molecule has 2 aromatic carbocycles. The number of hydrogen-bond donors (Lipinski definition) is 1. The Kier molecular flexibility index (Phi) is 8.61. The molecule has 0 heterocycles. The lowest BCUT2D eigenvalue weighted by Crippen LogP contribution is -2.44. The molecule has 2 rings (SSSR count). The lowest BCUT2D eigenvalue weighted by atomic mass is 10.1. The fourth-order valence-corrected chi connectivity index (χ4v) is 3.88. The first kappa shape index (κ1) is 24.8. The number of hydrogen-bond acceptors (Lipinski definition) is 6. The lowest BCUT2D eigenvalue weighted by Gasteiger charge is -2.24. The van der Waals surface area contributed by atoms with Gasteiger partial charge in [-0.05, 0) is 57.0 Å². The molecular weight excluding hydrogens is 442 g/mol. The van der Waals surface area contributed by atoms with E-state index in [9.17, 15) is 18.0 Å². The molecule has 168 valence electrons. The van der Waals surface area contributed by atoms with E-state index in [1.807, 2.05) is 30.3 Å². The van der Waals surface area contributed by atoms with Gasteiger partial charge in [0.1, 0.15) is 18.2 Å². The fourth-order valence-electron chi connectivity index (χ4n) is 2.54. The van der Waals surface area contributed by atoms with Gasteiger partial charge in [0.2, 0.25) is 10.0 Å². The Labute approximate surface area is 187 Å². The van der Waals surface area contributed by atoms with Gasteiger partial charge in [-0.2, -0.15) is 4.72 Å². The number of rotatable bonds is 9. The highest BCUT2D eigenvalue weighted by Crippen LogP contribution is 2.17. The lowest BCUT2D eigenvalue weighted by molar-refractivity contribution is -0.157. The number of halogens is 1. The van der Waals surface area contributed by atoms with Gasteiger partial charge in [-0.3, -0.25) is 9.59 Å². The number of ether oxygens (including phenoxy) is 2. The molecule has 0 saturated heterocycles. The highest BCUT2D eigenvalue weighted by atomic mass is 35.5. The number of carbonyl (C=O) groups excluding carboxylic acids is 2. The Balaban J connectivity index is 2.06. The Hall–Kier alpha value is -2.42. The topological polar surface area (TPSA) is 98.8 Å². The molecule has 0 unspecified atom stereocenters. The van der Waals surface area contributed by atoms with Gasteiger partial charge in [0.25, 0.3) is 0 Å². The van der Waals surface area contributed by atoms with E-state index in [1.54, 1.807) is 20.8 Å². The van der Waals surface area contributed by atoms with Gasteiger partial charge in [-0.25, -0.2) is 8.42 Å². The minimum Gasteiger partial charge on any atom is -0.461 e. The molecule has 1 N–H and O–H groups in total. The van der Waals surface area contributed by atoms with Crippen molar-refractivity contribution in [2.24, 2.45) is 0 Å². The zero-order chi connectivity index (χ0) is 23.1. The first-order chi connectivity index (χ1) is 14.5. The van der Waals surface area contributed by atoms with Gasteiger partial charge in [0, 0.05) is 11.4 Å². The monoisotopic (exact) mass is 467 g/mol. The normalized spacial score (nSPS) is 12.8. The summed E-state index contributed by atoms with van der Waals surface area (Å²) in [6, 6.07) is 13.4. The van der Waals surface area contributed by atoms with Crippen molar-refractivity contribution in [2.75, 3.05) is 0 Å². The van der Waals surface area contributed by atoms with Gasteiger partial charge in [0.15, 0.2) is 0 Å². The van der Waals surface area contributed by atoms with E-state index in [1.165, 1.54) is 24.3 Å². The van der Waals surface area contributed by atoms with E-state index in [0.717, 1.165) is 5.56 Å². The Morgan fingerprint density at radius 2 is 1.65 bits per heavy atom. The first-order valence-corrected chi connectivity index (χ1v) is 11.5. The quantitative estimate of drug-likeness (QED) is 0.562. The molecule has 0 aliphatic heterocycles. The number of carbonyl (C=O) groups is 2. The molecule has 0 amide bonds. The fraction of sp³-hybridized carbons (Fsp3) is 0.364. The van der Waals surface area contributed by atoms with E-state index >= 15 is 0 Å². The van der Waals surface area contributed by atoms with Crippen molar-refractivity contribution in [1.82, 2.24) is 4.72 Å². The van der Waals surface area contributed by atoms with E-state index in [4.69, 9.17) is 21.1 Å². The van der Waals surface area contributed by atoms with Crippen LogP contribution in [-0.2, 0) is 35.7 Å². The third-order valence-electron chi connectivity index (χ3n) is 3.99. The molecule has 2 aromatic rings. The summed E-state index contributed by atoms with van der Waals surface area (Å²) in [6.45, 7) is 5.10.